The highest BCUT2D eigenvalue weighted by Gasteiger charge is 2.24. The average Bonchev–Trinajstić information content (AvgIpc) is 2.60. The van der Waals surface area contributed by atoms with Crippen LogP contribution in [0.3, 0.4) is 0 Å². The Morgan fingerprint density at radius 3 is 2.42 bits per heavy atom. The van der Waals surface area contributed by atoms with Gasteiger partial charge in [-0.1, -0.05) is 11.6 Å². The first-order chi connectivity index (χ1) is 12.2. The summed E-state index contributed by atoms with van der Waals surface area (Å²) in [5.41, 5.74) is 0.0695. The van der Waals surface area contributed by atoms with E-state index in [1.807, 2.05) is 0 Å². The smallest absolute Gasteiger partial charge is 0.289 e. The highest BCUT2D eigenvalue weighted by atomic mass is 35.5. The molecule has 10 heteroatoms. The number of hydrogen-bond acceptors (Lipinski definition) is 6. The predicted octanol–water partition coefficient (Wildman–Crippen LogP) is 3.30. The Bertz CT molecular complexity index is 932. The molecular weight excluding hydrogens is 384 g/mol. The van der Waals surface area contributed by atoms with Gasteiger partial charge in [-0.05, 0) is 37.3 Å². The summed E-state index contributed by atoms with van der Waals surface area (Å²) >= 11 is 5.73. The van der Waals surface area contributed by atoms with E-state index in [1.165, 1.54) is 26.4 Å². The Balaban J connectivity index is 2.38. The molecule has 0 bridgehead atoms. The molecule has 0 saturated heterocycles. The molecule has 1 N–H and O–H groups in total. The quantitative estimate of drug-likeness (QED) is 0.564. The molecule has 2 rings (SSSR count). The van der Waals surface area contributed by atoms with Crippen molar-refractivity contribution in [1.82, 2.24) is 4.72 Å². The van der Waals surface area contributed by atoms with E-state index < -0.39 is 26.7 Å². The Morgan fingerprint density at radius 1 is 1.15 bits per heavy atom. The molecule has 0 unspecified atom stereocenters. The SMILES string of the molecule is COc1ccc(OC)c([C@@H](C)NS(=O)(=O)c2ccc(Cl)c([N+](=O)[O-])c2)c1. The van der Waals surface area contributed by atoms with Crippen molar-refractivity contribution in [2.75, 3.05) is 14.2 Å². The van der Waals surface area contributed by atoms with Crippen molar-refractivity contribution in [3.8, 4) is 11.5 Å². The number of rotatable bonds is 7. The van der Waals surface area contributed by atoms with Crippen molar-refractivity contribution < 1.29 is 22.8 Å². The zero-order valence-electron chi connectivity index (χ0n) is 14.2. The van der Waals surface area contributed by atoms with E-state index in [0.717, 1.165) is 6.07 Å². The fourth-order valence-corrected chi connectivity index (χ4v) is 3.77. The average molecular weight is 401 g/mol. The first-order valence-electron chi connectivity index (χ1n) is 7.37. The van der Waals surface area contributed by atoms with Crippen LogP contribution in [-0.4, -0.2) is 27.6 Å². The van der Waals surface area contributed by atoms with E-state index in [1.54, 1.807) is 25.1 Å². The van der Waals surface area contributed by atoms with Crippen LogP contribution in [-0.2, 0) is 10.0 Å². The van der Waals surface area contributed by atoms with Crippen molar-refractivity contribution in [3.63, 3.8) is 0 Å². The Hall–Kier alpha value is -2.36. The van der Waals surface area contributed by atoms with Gasteiger partial charge in [0.2, 0.25) is 10.0 Å². The van der Waals surface area contributed by atoms with Crippen LogP contribution in [0.25, 0.3) is 0 Å². The van der Waals surface area contributed by atoms with Crippen LogP contribution in [0.4, 0.5) is 5.69 Å². The fraction of sp³-hybridized carbons (Fsp3) is 0.250. The van der Waals surface area contributed by atoms with Crippen LogP contribution in [0.5, 0.6) is 11.5 Å². The molecule has 0 heterocycles. The van der Waals surface area contributed by atoms with Crippen LogP contribution >= 0.6 is 11.6 Å². The summed E-state index contributed by atoms with van der Waals surface area (Å²) in [6, 6.07) is 7.60. The van der Waals surface area contributed by atoms with Crippen LogP contribution in [0.15, 0.2) is 41.3 Å². The monoisotopic (exact) mass is 400 g/mol. The molecule has 0 amide bonds. The van der Waals surface area contributed by atoms with Gasteiger partial charge in [-0.2, -0.15) is 0 Å². The molecule has 0 saturated carbocycles. The summed E-state index contributed by atoms with van der Waals surface area (Å²) in [4.78, 5) is 9.97. The van der Waals surface area contributed by atoms with Gasteiger partial charge in [-0.15, -0.1) is 0 Å². The van der Waals surface area contributed by atoms with Gasteiger partial charge >= 0.3 is 0 Å². The van der Waals surface area contributed by atoms with Crippen molar-refractivity contribution in [1.29, 1.82) is 0 Å². The molecule has 0 aliphatic heterocycles. The molecule has 140 valence electrons. The summed E-state index contributed by atoms with van der Waals surface area (Å²) < 4.78 is 38.1. The highest BCUT2D eigenvalue weighted by Crippen LogP contribution is 2.31. The highest BCUT2D eigenvalue weighted by molar-refractivity contribution is 7.89. The maximum absolute atomic E-state index is 12.6. The second-order valence-corrected chi connectivity index (χ2v) is 7.44. The molecule has 0 radical (unpaired) electrons. The topological polar surface area (TPSA) is 108 Å². The van der Waals surface area contributed by atoms with Crippen LogP contribution in [0.1, 0.15) is 18.5 Å². The largest absolute Gasteiger partial charge is 0.497 e. The number of benzene rings is 2. The standard InChI is InChI=1S/C16H17ClN2O6S/c1-10(13-8-11(24-2)4-7-16(13)25-3)18-26(22,23)12-5-6-14(17)15(9-12)19(20)21/h4-10,18H,1-3H3/t10-/m1/s1. The van der Waals surface area contributed by atoms with E-state index >= 15 is 0 Å². The molecule has 0 aliphatic rings. The third-order valence-corrected chi connectivity index (χ3v) is 5.52. The van der Waals surface area contributed by atoms with Gasteiger partial charge in [-0.3, -0.25) is 10.1 Å². The number of methoxy groups -OCH3 is 2. The molecule has 1 atom stereocenters. The number of nitrogens with zero attached hydrogens (tertiary/aromatic N) is 1. The van der Waals surface area contributed by atoms with E-state index in [2.05, 4.69) is 4.72 Å². The lowest BCUT2D eigenvalue weighted by Gasteiger charge is -2.18. The van der Waals surface area contributed by atoms with E-state index in [-0.39, 0.29) is 9.92 Å². The molecular formula is C16H17ClN2O6S. The Morgan fingerprint density at radius 2 is 1.85 bits per heavy atom. The third kappa shape index (κ3) is 4.24. The molecule has 0 fully saturated rings. The zero-order chi connectivity index (χ0) is 19.5. The number of nitrogens with one attached hydrogen (secondary N) is 1. The predicted molar refractivity (Wildman–Crippen MR) is 96.4 cm³/mol. The number of sulfonamides is 1. The molecule has 26 heavy (non-hydrogen) atoms. The second kappa shape index (κ2) is 7.90. The first-order valence-corrected chi connectivity index (χ1v) is 9.24. The Labute approximate surface area is 155 Å². The molecule has 0 spiro atoms. The third-order valence-electron chi connectivity index (χ3n) is 3.66. The van der Waals surface area contributed by atoms with Crippen LogP contribution in [0, 0.1) is 10.1 Å². The van der Waals surface area contributed by atoms with Gasteiger partial charge < -0.3 is 9.47 Å². The molecule has 0 aromatic heterocycles. The number of hydrogen-bond donors (Lipinski definition) is 1. The molecule has 8 nitrogen and oxygen atoms in total. The first kappa shape index (κ1) is 20.0. The summed E-state index contributed by atoms with van der Waals surface area (Å²) in [5.74, 6) is 1.01. The van der Waals surface area contributed by atoms with Crippen molar-refractivity contribution >= 4 is 27.3 Å². The summed E-state index contributed by atoms with van der Waals surface area (Å²) in [7, 11) is -1.07. The lowest BCUT2D eigenvalue weighted by Crippen LogP contribution is -2.27. The van der Waals surface area contributed by atoms with Gasteiger partial charge in [0.05, 0.1) is 24.0 Å². The van der Waals surface area contributed by atoms with Crippen molar-refractivity contribution in [2.45, 2.75) is 17.9 Å². The normalized spacial score (nSPS) is 12.5. The summed E-state index contributed by atoms with van der Waals surface area (Å²) in [6.45, 7) is 1.62. The minimum Gasteiger partial charge on any atom is -0.497 e. The molecule has 0 aliphatic carbocycles. The van der Waals surface area contributed by atoms with Crippen molar-refractivity contribution in [3.05, 3.63) is 57.1 Å². The van der Waals surface area contributed by atoms with Crippen molar-refractivity contribution in [2.24, 2.45) is 0 Å². The van der Waals surface area contributed by atoms with E-state index in [0.29, 0.717) is 17.1 Å². The lowest BCUT2D eigenvalue weighted by molar-refractivity contribution is -0.384. The van der Waals surface area contributed by atoms with Gasteiger partial charge in [0, 0.05) is 17.7 Å². The minimum absolute atomic E-state index is 0.142. The van der Waals surface area contributed by atoms with E-state index in [9.17, 15) is 18.5 Å². The number of ether oxygens (including phenoxy) is 2. The molecule has 2 aromatic rings. The van der Waals surface area contributed by atoms with Gasteiger partial charge in [0.25, 0.3) is 5.69 Å². The number of halogens is 1. The molecule has 2 aromatic carbocycles. The lowest BCUT2D eigenvalue weighted by atomic mass is 10.1. The Kier molecular flexibility index (Phi) is 6.06. The van der Waals surface area contributed by atoms with Crippen LogP contribution < -0.4 is 14.2 Å². The minimum atomic E-state index is -4.03. The van der Waals surface area contributed by atoms with Gasteiger partial charge in [-0.25, -0.2) is 13.1 Å². The van der Waals surface area contributed by atoms with E-state index in [4.69, 9.17) is 21.1 Å². The van der Waals surface area contributed by atoms with Crippen LogP contribution in [0.2, 0.25) is 5.02 Å². The number of nitro benzene ring substituents is 1. The van der Waals surface area contributed by atoms with Gasteiger partial charge in [0.15, 0.2) is 0 Å². The fourth-order valence-electron chi connectivity index (χ4n) is 2.34. The maximum atomic E-state index is 12.6. The van der Waals surface area contributed by atoms with Gasteiger partial charge in [0.1, 0.15) is 16.5 Å². The maximum Gasteiger partial charge on any atom is 0.289 e. The number of nitro groups is 1. The summed E-state index contributed by atoms with van der Waals surface area (Å²) in [6.07, 6.45) is 0. The second-order valence-electron chi connectivity index (χ2n) is 5.32. The zero-order valence-corrected chi connectivity index (χ0v) is 15.8. The summed E-state index contributed by atoms with van der Waals surface area (Å²) in [5, 5.41) is 10.8.